The molecule has 0 spiro atoms. The molecule has 1 aliphatic carbocycles. The highest BCUT2D eigenvalue weighted by Crippen LogP contribution is 2.41. The van der Waals surface area contributed by atoms with Crippen LogP contribution in [0.5, 0.6) is 11.5 Å². The van der Waals surface area contributed by atoms with E-state index < -0.39 is 0 Å². The molecule has 2 N–H and O–H groups in total. The maximum Gasteiger partial charge on any atom is 0.255 e. The third kappa shape index (κ3) is 3.06. The monoisotopic (exact) mass is 297 g/mol. The van der Waals surface area contributed by atoms with Gasteiger partial charge >= 0.3 is 0 Å². The van der Waals surface area contributed by atoms with E-state index in [1.807, 2.05) is 30.3 Å². The first kappa shape index (κ1) is 14.4. The molecule has 2 aromatic rings. The summed E-state index contributed by atoms with van der Waals surface area (Å²) in [4.78, 5) is 12.5. The molecule has 4 nitrogen and oxygen atoms in total. The number of carbonyl (C=O) groups excluding carboxylic acids is 1. The van der Waals surface area contributed by atoms with E-state index in [-0.39, 0.29) is 23.3 Å². The summed E-state index contributed by atoms with van der Waals surface area (Å²) >= 11 is 0. The molecule has 1 aliphatic rings. The smallest absolute Gasteiger partial charge is 0.255 e. The van der Waals surface area contributed by atoms with Crippen molar-refractivity contribution in [2.45, 2.75) is 18.9 Å². The lowest BCUT2D eigenvalue weighted by molar-refractivity contribution is 0.0929. The van der Waals surface area contributed by atoms with Crippen LogP contribution in [-0.4, -0.2) is 18.1 Å². The van der Waals surface area contributed by atoms with E-state index in [0.717, 1.165) is 18.4 Å². The fourth-order valence-electron chi connectivity index (χ4n) is 2.61. The van der Waals surface area contributed by atoms with E-state index in [9.17, 15) is 9.90 Å². The van der Waals surface area contributed by atoms with Crippen molar-refractivity contribution in [2.75, 3.05) is 7.11 Å². The number of carbonyl (C=O) groups is 1. The summed E-state index contributed by atoms with van der Waals surface area (Å²) in [5.74, 6) is 0.669. The number of phenolic OH excluding ortho intramolecular Hbond substituents is 1. The third-order valence-corrected chi connectivity index (χ3v) is 3.99. The van der Waals surface area contributed by atoms with Crippen LogP contribution in [0, 0.1) is 5.92 Å². The van der Waals surface area contributed by atoms with E-state index in [1.54, 1.807) is 12.1 Å². The number of phenols is 1. The van der Waals surface area contributed by atoms with Gasteiger partial charge in [0.1, 0.15) is 11.5 Å². The van der Waals surface area contributed by atoms with Gasteiger partial charge in [0.05, 0.1) is 18.7 Å². The molecule has 1 atom stereocenters. The average Bonchev–Trinajstić information content (AvgIpc) is 3.37. The fourth-order valence-corrected chi connectivity index (χ4v) is 2.61. The first-order valence-electron chi connectivity index (χ1n) is 7.42. The molecule has 0 heterocycles. The maximum absolute atomic E-state index is 12.5. The Hall–Kier alpha value is -2.49. The van der Waals surface area contributed by atoms with E-state index in [0.29, 0.717) is 11.7 Å². The maximum atomic E-state index is 12.5. The molecule has 1 unspecified atom stereocenters. The standard InChI is InChI=1S/C18H19NO3/c1-22-14-9-10-15(16(20)11-14)18(21)19-17(13-7-8-13)12-5-3-2-4-6-12/h2-6,9-11,13,17,20H,7-8H2,1H3,(H,19,21). The van der Waals surface area contributed by atoms with E-state index in [2.05, 4.69) is 5.32 Å². The van der Waals surface area contributed by atoms with Crippen molar-refractivity contribution in [1.82, 2.24) is 5.32 Å². The molecule has 22 heavy (non-hydrogen) atoms. The van der Waals surface area contributed by atoms with Crippen LogP contribution in [0.25, 0.3) is 0 Å². The van der Waals surface area contributed by atoms with Gasteiger partial charge < -0.3 is 15.2 Å². The van der Waals surface area contributed by atoms with Crippen LogP contribution in [0.4, 0.5) is 0 Å². The Morgan fingerprint density at radius 3 is 2.55 bits per heavy atom. The number of aromatic hydroxyl groups is 1. The zero-order chi connectivity index (χ0) is 15.5. The van der Waals surface area contributed by atoms with Crippen molar-refractivity contribution in [1.29, 1.82) is 0 Å². The topological polar surface area (TPSA) is 58.6 Å². The summed E-state index contributed by atoms with van der Waals surface area (Å²) in [6.07, 6.45) is 2.24. The van der Waals surface area contributed by atoms with Gasteiger partial charge in [-0.05, 0) is 36.5 Å². The predicted molar refractivity (Wildman–Crippen MR) is 84.0 cm³/mol. The second-order valence-electron chi connectivity index (χ2n) is 5.58. The van der Waals surface area contributed by atoms with Gasteiger partial charge in [-0.1, -0.05) is 30.3 Å². The highest BCUT2D eigenvalue weighted by atomic mass is 16.5. The van der Waals surface area contributed by atoms with Crippen molar-refractivity contribution in [3.05, 3.63) is 59.7 Å². The predicted octanol–water partition coefficient (Wildman–Crippen LogP) is 3.28. The first-order chi connectivity index (χ1) is 10.7. The number of methoxy groups -OCH3 is 1. The van der Waals surface area contributed by atoms with E-state index in [4.69, 9.17) is 4.74 Å². The molecule has 0 aromatic heterocycles. The lowest BCUT2D eigenvalue weighted by Gasteiger charge is -2.19. The number of nitrogens with one attached hydrogen (secondary N) is 1. The Morgan fingerprint density at radius 1 is 1.23 bits per heavy atom. The molecular weight excluding hydrogens is 278 g/mol. The summed E-state index contributed by atoms with van der Waals surface area (Å²) in [7, 11) is 1.52. The normalized spacial score (nSPS) is 15.1. The molecular formula is C18H19NO3. The average molecular weight is 297 g/mol. The minimum Gasteiger partial charge on any atom is -0.507 e. The second kappa shape index (κ2) is 6.10. The summed E-state index contributed by atoms with van der Waals surface area (Å²) in [6, 6.07) is 14.7. The van der Waals surface area contributed by atoms with Crippen molar-refractivity contribution in [3.8, 4) is 11.5 Å². The van der Waals surface area contributed by atoms with Crippen molar-refractivity contribution >= 4 is 5.91 Å². The van der Waals surface area contributed by atoms with Gasteiger partial charge in [0, 0.05) is 6.07 Å². The Kier molecular flexibility index (Phi) is 4.00. The molecule has 1 fully saturated rings. The summed E-state index contributed by atoms with van der Waals surface area (Å²) in [5, 5.41) is 13.0. The van der Waals surface area contributed by atoms with Gasteiger partial charge in [-0.15, -0.1) is 0 Å². The number of amides is 1. The molecule has 0 saturated heterocycles. The zero-order valence-corrected chi connectivity index (χ0v) is 12.5. The van der Waals surface area contributed by atoms with Crippen molar-refractivity contribution in [2.24, 2.45) is 5.92 Å². The summed E-state index contributed by atoms with van der Waals surface area (Å²) in [5.41, 5.74) is 1.37. The number of rotatable bonds is 5. The van der Waals surface area contributed by atoms with Crippen molar-refractivity contribution < 1.29 is 14.6 Å². The molecule has 114 valence electrons. The van der Waals surface area contributed by atoms with Crippen LogP contribution in [-0.2, 0) is 0 Å². The summed E-state index contributed by atoms with van der Waals surface area (Å²) in [6.45, 7) is 0. The van der Waals surface area contributed by atoms with Gasteiger partial charge in [0.2, 0.25) is 0 Å². The minimum absolute atomic E-state index is 0.00444. The Balaban J connectivity index is 1.80. The fraction of sp³-hybridized carbons (Fsp3) is 0.278. The van der Waals surface area contributed by atoms with Crippen LogP contribution in [0.1, 0.15) is 34.8 Å². The molecule has 0 radical (unpaired) electrons. The highest BCUT2D eigenvalue weighted by molar-refractivity contribution is 5.97. The number of hydrogen-bond donors (Lipinski definition) is 2. The molecule has 0 bridgehead atoms. The van der Waals surface area contributed by atoms with Crippen molar-refractivity contribution in [3.63, 3.8) is 0 Å². The van der Waals surface area contributed by atoms with Crippen LogP contribution in [0.3, 0.4) is 0 Å². The Labute approximate surface area is 129 Å². The number of ether oxygens (including phenoxy) is 1. The largest absolute Gasteiger partial charge is 0.507 e. The molecule has 4 heteroatoms. The van der Waals surface area contributed by atoms with Gasteiger partial charge in [-0.3, -0.25) is 4.79 Å². The van der Waals surface area contributed by atoms with Gasteiger partial charge in [0.25, 0.3) is 5.91 Å². The molecule has 0 aliphatic heterocycles. The van der Waals surface area contributed by atoms with Crippen LogP contribution in [0.2, 0.25) is 0 Å². The lowest BCUT2D eigenvalue weighted by Crippen LogP contribution is -2.29. The van der Waals surface area contributed by atoms with Gasteiger partial charge in [-0.25, -0.2) is 0 Å². The van der Waals surface area contributed by atoms with Gasteiger partial charge in [0.15, 0.2) is 0 Å². The minimum atomic E-state index is -0.263. The van der Waals surface area contributed by atoms with E-state index in [1.165, 1.54) is 13.2 Å². The Morgan fingerprint density at radius 2 is 1.95 bits per heavy atom. The first-order valence-corrected chi connectivity index (χ1v) is 7.42. The highest BCUT2D eigenvalue weighted by Gasteiger charge is 2.33. The molecule has 1 amide bonds. The SMILES string of the molecule is COc1ccc(C(=O)NC(c2ccccc2)C2CC2)c(O)c1. The van der Waals surface area contributed by atoms with Crippen LogP contribution >= 0.6 is 0 Å². The van der Waals surface area contributed by atoms with Gasteiger partial charge in [-0.2, -0.15) is 0 Å². The van der Waals surface area contributed by atoms with Crippen LogP contribution in [0.15, 0.2) is 48.5 Å². The quantitative estimate of drug-likeness (QED) is 0.890. The van der Waals surface area contributed by atoms with Crippen LogP contribution < -0.4 is 10.1 Å². The third-order valence-electron chi connectivity index (χ3n) is 3.99. The molecule has 1 saturated carbocycles. The zero-order valence-electron chi connectivity index (χ0n) is 12.5. The molecule has 2 aromatic carbocycles. The molecule has 3 rings (SSSR count). The lowest BCUT2D eigenvalue weighted by atomic mass is 10.0. The van der Waals surface area contributed by atoms with E-state index >= 15 is 0 Å². The Bertz CT molecular complexity index is 665. The number of benzene rings is 2. The summed E-state index contributed by atoms with van der Waals surface area (Å²) < 4.78 is 5.04. The number of hydrogen-bond acceptors (Lipinski definition) is 3. The second-order valence-corrected chi connectivity index (χ2v) is 5.58.